The van der Waals surface area contributed by atoms with Crippen molar-refractivity contribution in [2.45, 2.75) is 44.6 Å². The Hall–Kier alpha value is -2.35. The molecular formula is C19H20F3NO4. The summed E-state index contributed by atoms with van der Waals surface area (Å²) in [6, 6.07) is 0.608. The lowest BCUT2D eigenvalue weighted by molar-refractivity contribution is 0.0523. The van der Waals surface area contributed by atoms with Gasteiger partial charge in [0, 0.05) is 18.3 Å². The maximum atomic E-state index is 14.7. The normalized spacial score (nSPS) is 16.0. The Kier molecular flexibility index (Phi) is 5.28. The molecule has 0 spiro atoms. The lowest BCUT2D eigenvalue weighted by atomic mass is 9.91. The van der Waals surface area contributed by atoms with E-state index >= 15 is 0 Å². The summed E-state index contributed by atoms with van der Waals surface area (Å²) in [6.07, 6.45) is 4.05. The van der Waals surface area contributed by atoms with Gasteiger partial charge in [-0.2, -0.15) is 0 Å². The Bertz CT molecular complexity index is 948. The molecule has 1 heterocycles. The second-order valence-electron chi connectivity index (χ2n) is 6.75. The van der Waals surface area contributed by atoms with Crippen molar-refractivity contribution in [1.82, 2.24) is 4.57 Å². The molecule has 8 heteroatoms. The zero-order valence-corrected chi connectivity index (χ0v) is 14.9. The Morgan fingerprint density at radius 3 is 2.52 bits per heavy atom. The SMILES string of the molecule is CCOC(=O)c1cn(C2(CCO)CCCC2)c2c(F)c(F)c(F)cc2c1=O. The number of nitrogens with zero attached hydrogens (tertiary/aromatic N) is 1. The van der Waals surface area contributed by atoms with Crippen molar-refractivity contribution >= 4 is 16.9 Å². The number of rotatable bonds is 5. The molecule has 0 atom stereocenters. The van der Waals surface area contributed by atoms with Gasteiger partial charge >= 0.3 is 5.97 Å². The maximum Gasteiger partial charge on any atom is 0.343 e. The number of pyridine rings is 1. The summed E-state index contributed by atoms with van der Waals surface area (Å²) in [5.41, 5.74) is -2.50. The Labute approximate surface area is 153 Å². The van der Waals surface area contributed by atoms with E-state index in [2.05, 4.69) is 0 Å². The number of carbonyl (C=O) groups is 1. The van der Waals surface area contributed by atoms with Crippen LogP contribution in [0.4, 0.5) is 13.2 Å². The van der Waals surface area contributed by atoms with E-state index < -0.39 is 45.3 Å². The van der Waals surface area contributed by atoms with E-state index in [-0.39, 0.29) is 25.2 Å². The standard InChI is InChI=1S/C19H20F3NO4/c1-2-27-18(26)12-10-23(19(7-8-24)5-3-4-6-19)16-11(17(12)25)9-13(20)14(21)15(16)22/h9-10,24H,2-8H2,1H3. The van der Waals surface area contributed by atoms with Crippen molar-refractivity contribution in [1.29, 1.82) is 0 Å². The topological polar surface area (TPSA) is 68.5 Å². The number of hydrogen-bond acceptors (Lipinski definition) is 4. The number of carbonyl (C=O) groups excluding carboxylic acids is 1. The third-order valence-electron chi connectivity index (χ3n) is 5.24. The van der Waals surface area contributed by atoms with Crippen LogP contribution < -0.4 is 5.43 Å². The fourth-order valence-electron chi connectivity index (χ4n) is 3.97. The van der Waals surface area contributed by atoms with Crippen molar-refractivity contribution in [3.05, 3.63) is 45.5 Å². The summed E-state index contributed by atoms with van der Waals surface area (Å²) >= 11 is 0. The quantitative estimate of drug-likeness (QED) is 0.636. The third-order valence-corrected chi connectivity index (χ3v) is 5.24. The Balaban J connectivity index is 2.43. The number of benzene rings is 1. The molecule has 0 aliphatic heterocycles. The van der Waals surface area contributed by atoms with Crippen LogP contribution in [0.1, 0.15) is 49.4 Å². The molecule has 1 fully saturated rings. The largest absolute Gasteiger partial charge is 0.462 e. The van der Waals surface area contributed by atoms with Crippen LogP contribution in [0.25, 0.3) is 10.9 Å². The van der Waals surface area contributed by atoms with Crippen LogP contribution in [0.15, 0.2) is 17.1 Å². The van der Waals surface area contributed by atoms with E-state index in [0.717, 1.165) is 19.0 Å². The van der Waals surface area contributed by atoms with Gasteiger partial charge in [-0.05, 0) is 32.3 Å². The van der Waals surface area contributed by atoms with Crippen molar-refractivity contribution in [2.24, 2.45) is 0 Å². The highest BCUT2D eigenvalue weighted by Gasteiger charge is 2.38. The lowest BCUT2D eigenvalue weighted by Crippen LogP contribution is -2.35. The average molecular weight is 383 g/mol. The molecule has 27 heavy (non-hydrogen) atoms. The summed E-state index contributed by atoms with van der Waals surface area (Å²) in [7, 11) is 0. The predicted octanol–water partition coefficient (Wildman–Crippen LogP) is 3.25. The predicted molar refractivity (Wildman–Crippen MR) is 92.2 cm³/mol. The number of esters is 1. The molecule has 1 aromatic heterocycles. The van der Waals surface area contributed by atoms with Gasteiger partial charge in [0.1, 0.15) is 5.56 Å². The van der Waals surface area contributed by atoms with Gasteiger partial charge in [-0.15, -0.1) is 0 Å². The van der Waals surface area contributed by atoms with Gasteiger partial charge in [0.25, 0.3) is 0 Å². The second kappa shape index (κ2) is 7.34. The van der Waals surface area contributed by atoms with E-state index in [4.69, 9.17) is 4.74 Å². The average Bonchev–Trinajstić information content (AvgIpc) is 3.10. The number of aliphatic hydroxyl groups is 1. The first-order chi connectivity index (χ1) is 12.9. The summed E-state index contributed by atoms with van der Waals surface area (Å²) in [5.74, 6) is -5.59. The number of halogens is 3. The van der Waals surface area contributed by atoms with E-state index in [9.17, 15) is 27.9 Å². The zero-order chi connectivity index (χ0) is 19.8. The molecule has 2 aromatic rings. The van der Waals surface area contributed by atoms with Gasteiger partial charge in [0.2, 0.25) is 5.43 Å². The molecule has 1 aromatic carbocycles. The van der Waals surface area contributed by atoms with Crippen molar-refractivity contribution in [3.8, 4) is 0 Å². The summed E-state index contributed by atoms with van der Waals surface area (Å²) in [5, 5.41) is 9.09. The number of fused-ring (bicyclic) bond motifs is 1. The molecule has 1 saturated carbocycles. The number of aliphatic hydroxyl groups excluding tert-OH is 1. The Morgan fingerprint density at radius 2 is 1.93 bits per heavy atom. The highest BCUT2D eigenvalue weighted by atomic mass is 19.2. The monoisotopic (exact) mass is 383 g/mol. The van der Waals surface area contributed by atoms with E-state index in [1.54, 1.807) is 6.92 Å². The van der Waals surface area contributed by atoms with Crippen molar-refractivity contribution < 1.29 is 27.8 Å². The fourth-order valence-corrected chi connectivity index (χ4v) is 3.97. The molecule has 0 saturated heterocycles. The Morgan fingerprint density at radius 1 is 1.26 bits per heavy atom. The molecule has 3 rings (SSSR count). The van der Waals surface area contributed by atoms with Crippen molar-refractivity contribution in [2.75, 3.05) is 13.2 Å². The fraction of sp³-hybridized carbons (Fsp3) is 0.474. The molecule has 0 radical (unpaired) electrons. The zero-order valence-electron chi connectivity index (χ0n) is 14.9. The summed E-state index contributed by atoms with van der Waals surface area (Å²) < 4.78 is 48.7. The van der Waals surface area contributed by atoms with Crippen LogP contribution in [0.5, 0.6) is 0 Å². The first-order valence-electron chi connectivity index (χ1n) is 8.87. The number of hydrogen-bond donors (Lipinski definition) is 1. The molecule has 0 amide bonds. The minimum absolute atomic E-state index is 0.0181. The molecule has 0 unspecified atom stereocenters. The summed E-state index contributed by atoms with van der Waals surface area (Å²) in [4.78, 5) is 24.9. The molecule has 1 N–H and O–H groups in total. The van der Waals surface area contributed by atoms with Gasteiger partial charge in [-0.1, -0.05) is 12.8 Å². The van der Waals surface area contributed by atoms with Gasteiger partial charge < -0.3 is 14.4 Å². The van der Waals surface area contributed by atoms with Gasteiger partial charge in [-0.3, -0.25) is 4.79 Å². The molecule has 146 valence electrons. The molecule has 1 aliphatic rings. The van der Waals surface area contributed by atoms with Crippen LogP contribution in [-0.4, -0.2) is 28.9 Å². The first-order valence-corrected chi connectivity index (χ1v) is 8.87. The smallest absolute Gasteiger partial charge is 0.343 e. The van der Waals surface area contributed by atoms with E-state index in [1.807, 2.05) is 0 Å². The number of aromatic nitrogens is 1. The van der Waals surface area contributed by atoms with Crippen LogP contribution in [0.3, 0.4) is 0 Å². The molecule has 5 nitrogen and oxygen atoms in total. The highest BCUT2D eigenvalue weighted by Crippen LogP contribution is 2.41. The van der Waals surface area contributed by atoms with Gasteiger partial charge in [0.15, 0.2) is 17.5 Å². The lowest BCUT2D eigenvalue weighted by Gasteiger charge is -2.34. The minimum Gasteiger partial charge on any atom is -0.462 e. The molecule has 1 aliphatic carbocycles. The highest BCUT2D eigenvalue weighted by molar-refractivity contribution is 5.94. The second-order valence-corrected chi connectivity index (χ2v) is 6.75. The van der Waals surface area contributed by atoms with Gasteiger partial charge in [-0.25, -0.2) is 18.0 Å². The minimum atomic E-state index is -1.68. The molecule has 0 bridgehead atoms. The van der Waals surface area contributed by atoms with Crippen molar-refractivity contribution in [3.63, 3.8) is 0 Å². The van der Waals surface area contributed by atoms with Crippen LogP contribution in [0, 0.1) is 17.5 Å². The molecular weight excluding hydrogens is 363 g/mol. The summed E-state index contributed by atoms with van der Waals surface area (Å²) in [6.45, 7) is 1.37. The maximum absolute atomic E-state index is 14.7. The number of ether oxygens (including phenoxy) is 1. The van der Waals surface area contributed by atoms with E-state index in [1.165, 1.54) is 4.57 Å². The van der Waals surface area contributed by atoms with E-state index in [0.29, 0.717) is 18.9 Å². The first kappa shape index (κ1) is 19.4. The van der Waals surface area contributed by atoms with Crippen LogP contribution >= 0.6 is 0 Å². The van der Waals surface area contributed by atoms with Gasteiger partial charge in [0.05, 0.1) is 17.5 Å². The third kappa shape index (κ3) is 3.12. The van der Waals surface area contributed by atoms with Crippen LogP contribution in [0.2, 0.25) is 0 Å². The van der Waals surface area contributed by atoms with Crippen LogP contribution in [-0.2, 0) is 10.3 Å².